The van der Waals surface area contributed by atoms with E-state index < -0.39 is 0 Å². The summed E-state index contributed by atoms with van der Waals surface area (Å²) < 4.78 is 16.4. The molecule has 1 aromatic heterocycles. The number of aryl methyl sites for hydroxylation is 1. The minimum atomic E-state index is -0.339. The molecule has 0 fully saturated rings. The van der Waals surface area contributed by atoms with Crippen molar-refractivity contribution >= 4 is 27.7 Å². The van der Waals surface area contributed by atoms with Gasteiger partial charge in [-0.3, -0.25) is 4.79 Å². The van der Waals surface area contributed by atoms with Crippen LogP contribution in [0.1, 0.15) is 15.9 Å². The molecule has 0 aliphatic rings. The first kappa shape index (κ1) is 17.1. The molecule has 1 N–H and O–H groups in total. The molecule has 122 valence electrons. The molecule has 0 saturated carbocycles. The summed E-state index contributed by atoms with van der Waals surface area (Å²) in [6.07, 6.45) is 1.63. The summed E-state index contributed by atoms with van der Waals surface area (Å²) in [5, 5.41) is 2.75. The Labute approximate surface area is 142 Å². The van der Waals surface area contributed by atoms with Crippen molar-refractivity contribution in [3.05, 3.63) is 40.0 Å². The van der Waals surface area contributed by atoms with Crippen LogP contribution in [-0.2, 0) is 0 Å². The first-order valence-corrected chi connectivity index (χ1v) is 7.53. The Morgan fingerprint density at radius 1 is 1.13 bits per heavy atom. The van der Waals surface area contributed by atoms with Crippen LogP contribution in [0.15, 0.2) is 28.9 Å². The summed E-state index contributed by atoms with van der Waals surface area (Å²) in [5.41, 5.74) is 1.35. The summed E-state index contributed by atoms with van der Waals surface area (Å²) >= 11 is 3.38. The van der Waals surface area contributed by atoms with E-state index in [1.165, 1.54) is 21.3 Å². The van der Waals surface area contributed by atoms with E-state index in [0.29, 0.717) is 33.1 Å². The third kappa shape index (κ3) is 3.56. The summed E-state index contributed by atoms with van der Waals surface area (Å²) in [6, 6.07) is 5.21. The minimum Gasteiger partial charge on any atom is -0.493 e. The molecular formula is C16H17BrN2O4. The van der Waals surface area contributed by atoms with E-state index in [9.17, 15) is 4.79 Å². The molecule has 7 heteroatoms. The summed E-state index contributed by atoms with van der Waals surface area (Å²) in [6.45, 7) is 1.92. The number of benzene rings is 1. The number of nitrogens with zero attached hydrogens (tertiary/aromatic N) is 1. The zero-order valence-corrected chi connectivity index (χ0v) is 14.9. The number of halogens is 1. The molecule has 0 atom stereocenters. The molecule has 0 saturated heterocycles. The molecule has 0 aliphatic carbocycles. The zero-order chi connectivity index (χ0) is 17.0. The molecule has 6 nitrogen and oxygen atoms in total. The second-order valence-corrected chi connectivity index (χ2v) is 5.47. The van der Waals surface area contributed by atoms with Crippen LogP contribution < -0.4 is 19.5 Å². The maximum absolute atomic E-state index is 12.5. The molecule has 23 heavy (non-hydrogen) atoms. The fourth-order valence-electron chi connectivity index (χ4n) is 2.07. The molecular weight excluding hydrogens is 364 g/mol. The smallest absolute Gasteiger partial charge is 0.258 e. The highest BCUT2D eigenvalue weighted by Crippen LogP contribution is 2.44. The molecule has 0 spiro atoms. The van der Waals surface area contributed by atoms with E-state index in [1.807, 2.05) is 13.0 Å². The van der Waals surface area contributed by atoms with Crippen molar-refractivity contribution in [3.63, 3.8) is 0 Å². The largest absolute Gasteiger partial charge is 0.493 e. The van der Waals surface area contributed by atoms with Crippen LogP contribution in [0.3, 0.4) is 0 Å². The lowest BCUT2D eigenvalue weighted by molar-refractivity contribution is 0.102. The van der Waals surface area contributed by atoms with Gasteiger partial charge in [0.1, 0.15) is 5.82 Å². The van der Waals surface area contributed by atoms with Crippen molar-refractivity contribution in [2.24, 2.45) is 0 Å². The molecule has 1 amide bonds. The monoisotopic (exact) mass is 380 g/mol. The van der Waals surface area contributed by atoms with Crippen LogP contribution >= 0.6 is 15.9 Å². The maximum Gasteiger partial charge on any atom is 0.258 e. The lowest BCUT2D eigenvalue weighted by Crippen LogP contribution is -2.14. The first-order chi connectivity index (χ1) is 11.0. The van der Waals surface area contributed by atoms with Crippen LogP contribution in [0.25, 0.3) is 0 Å². The standard InChI is InChI=1S/C16H17BrN2O4/c1-9-5-6-18-12(7-9)19-16(20)10-8-11(21-2)14(22-3)15(23-4)13(10)17/h5-8H,1-4H3,(H,18,19,20). The molecule has 1 heterocycles. The maximum atomic E-state index is 12.5. The van der Waals surface area contributed by atoms with Gasteiger partial charge in [0.2, 0.25) is 5.75 Å². The van der Waals surface area contributed by atoms with E-state index in [2.05, 4.69) is 26.2 Å². The van der Waals surface area contributed by atoms with Crippen LogP contribution in [0.2, 0.25) is 0 Å². The van der Waals surface area contributed by atoms with E-state index in [0.717, 1.165) is 5.56 Å². The predicted octanol–water partition coefficient (Wildman–Crippen LogP) is 3.43. The highest BCUT2D eigenvalue weighted by molar-refractivity contribution is 9.10. The van der Waals surface area contributed by atoms with Gasteiger partial charge in [-0.2, -0.15) is 0 Å². The Kier molecular flexibility index (Phi) is 5.44. The van der Waals surface area contributed by atoms with Crippen LogP contribution in [0, 0.1) is 6.92 Å². The number of pyridine rings is 1. The molecule has 0 radical (unpaired) electrons. The lowest BCUT2D eigenvalue weighted by Gasteiger charge is -2.16. The number of methoxy groups -OCH3 is 3. The van der Waals surface area contributed by atoms with E-state index in [1.54, 1.807) is 18.3 Å². The molecule has 1 aromatic carbocycles. The third-order valence-corrected chi connectivity index (χ3v) is 3.96. The normalized spacial score (nSPS) is 10.1. The van der Waals surface area contributed by atoms with Gasteiger partial charge in [0, 0.05) is 6.20 Å². The summed E-state index contributed by atoms with van der Waals surface area (Å²) in [5.74, 6) is 1.32. The van der Waals surface area contributed by atoms with Gasteiger partial charge in [0.05, 0.1) is 31.4 Å². The number of ether oxygens (including phenoxy) is 3. The van der Waals surface area contributed by atoms with Crippen LogP contribution in [-0.4, -0.2) is 32.2 Å². The number of carbonyl (C=O) groups excluding carboxylic acids is 1. The number of anilines is 1. The predicted molar refractivity (Wildman–Crippen MR) is 90.7 cm³/mol. The summed E-state index contributed by atoms with van der Waals surface area (Å²) in [7, 11) is 4.49. The van der Waals surface area contributed by atoms with Crippen molar-refractivity contribution < 1.29 is 19.0 Å². The highest BCUT2D eigenvalue weighted by Gasteiger charge is 2.23. The van der Waals surface area contributed by atoms with E-state index in [-0.39, 0.29) is 5.91 Å². The van der Waals surface area contributed by atoms with Gasteiger partial charge >= 0.3 is 0 Å². The molecule has 0 bridgehead atoms. The van der Waals surface area contributed by atoms with Gasteiger partial charge in [0.15, 0.2) is 11.5 Å². The molecule has 2 rings (SSSR count). The Balaban J connectivity index is 2.44. The first-order valence-electron chi connectivity index (χ1n) is 6.74. The average Bonchev–Trinajstić information content (AvgIpc) is 2.54. The van der Waals surface area contributed by atoms with Crippen molar-refractivity contribution in [3.8, 4) is 17.2 Å². The summed E-state index contributed by atoms with van der Waals surface area (Å²) in [4.78, 5) is 16.7. The van der Waals surface area contributed by atoms with Gasteiger partial charge in [-0.05, 0) is 46.6 Å². The molecule has 0 aliphatic heterocycles. The number of amides is 1. The third-order valence-electron chi connectivity index (χ3n) is 3.17. The van der Waals surface area contributed by atoms with Gasteiger partial charge in [-0.15, -0.1) is 0 Å². The van der Waals surface area contributed by atoms with E-state index in [4.69, 9.17) is 14.2 Å². The van der Waals surface area contributed by atoms with Gasteiger partial charge < -0.3 is 19.5 Å². The Morgan fingerprint density at radius 3 is 2.39 bits per heavy atom. The fraction of sp³-hybridized carbons (Fsp3) is 0.250. The van der Waals surface area contributed by atoms with Gasteiger partial charge in [-0.1, -0.05) is 0 Å². The number of rotatable bonds is 5. The molecule has 2 aromatic rings. The average molecular weight is 381 g/mol. The Hall–Kier alpha value is -2.28. The van der Waals surface area contributed by atoms with Crippen LogP contribution in [0.5, 0.6) is 17.2 Å². The van der Waals surface area contributed by atoms with Crippen LogP contribution in [0.4, 0.5) is 5.82 Å². The van der Waals surface area contributed by atoms with Crippen molar-refractivity contribution in [2.45, 2.75) is 6.92 Å². The fourth-order valence-corrected chi connectivity index (χ4v) is 2.71. The Morgan fingerprint density at radius 2 is 1.83 bits per heavy atom. The van der Waals surface area contributed by atoms with Crippen molar-refractivity contribution in [1.29, 1.82) is 0 Å². The quantitative estimate of drug-likeness (QED) is 0.860. The second kappa shape index (κ2) is 7.32. The Bertz CT molecular complexity index is 734. The molecule has 0 unspecified atom stereocenters. The van der Waals surface area contributed by atoms with Gasteiger partial charge in [0.25, 0.3) is 5.91 Å². The SMILES string of the molecule is COc1cc(C(=O)Nc2cc(C)ccn2)c(Br)c(OC)c1OC. The van der Waals surface area contributed by atoms with E-state index >= 15 is 0 Å². The number of hydrogen-bond acceptors (Lipinski definition) is 5. The van der Waals surface area contributed by atoms with Gasteiger partial charge in [-0.25, -0.2) is 4.98 Å². The highest BCUT2D eigenvalue weighted by atomic mass is 79.9. The number of carbonyl (C=O) groups is 1. The van der Waals surface area contributed by atoms with Crippen molar-refractivity contribution in [1.82, 2.24) is 4.98 Å². The zero-order valence-electron chi connectivity index (χ0n) is 13.3. The minimum absolute atomic E-state index is 0.339. The number of aromatic nitrogens is 1. The topological polar surface area (TPSA) is 69.7 Å². The second-order valence-electron chi connectivity index (χ2n) is 4.68. The van der Waals surface area contributed by atoms with Crippen molar-refractivity contribution in [2.75, 3.05) is 26.6 Å². The number of nitrogens with one attached hydrogen (secondary N) is 1. The lowest BCUT2D eigenvalue weighted by atomic mass is 10.1. The number of hydrogen-bond donors (Lipinski definition) is 1.